The number of ether oxygens (including phenoxy) is 2. The summed E-state index contributed by atoms with van der Waals surface area (Å²) in [5.41, 5.74) is 1.03. The first kappa shape index (κ1) is 23.2. The standard InChI is InChI=1S/C25H33N3O5/c1-17-6-9-22(33-17)25(30)26-18-10-13-27(14-11-18)16-24(29)28-12-4-5-21(28)20-8-7-19(31-2)15-23(20)32-3/h6-9,15,18,21H,4-5,10-14,16H2,1-3H3,(H,26,30). The summed E-state index contributed by atoms with van der Waals surface area (Å²) in [5.74, 6) is 2.53. The Balaban J connectivity index is 1.31. The number of amides is 2. The average molecular weight is 456 g/mol. The number of aryl methyl sites for hydroxylation is 1. The molecular weight excluding hydrogens is 422 g/mol. The molecule has 2 aliphatic heterocycles. The van der Waals surface area contributed by atoms with Crippen LogP contribution in [0.25, 0.3) is 0 Å². The van der Waals surface area contributed by atoms with Crippen LogP contribution in [0.3, 0.4) is 0 Å². The molecule has 3 heterocycles. The number of benzene rings is 1. The van der Waals surface area contributed by atoms with E-state index >= 15 is 0 Å². The third kappa shape index (κ3) is 5.33. The summed E-state index contributed by atoms with van der Waals surface area (Å²) in [6.07, 6.45) is 3.53. The number of nitrogens with one attached hydrogen (secondary N) is 1. The molecule has 2 saturated heterocycles. The molecule has 1 N–H and O–H groups in total. The minimum atomic E-state index is -0.175. The molecule has 8 nitrogen and oxygen atoms in total. The van der Waals surface area contributed by atoms with E-state index < -0.39 is 0 Å². The van der Waals surface area contributed by atoms with Crippen LogP contribution >= 0.6 is 0 Å². The number of furan rings is 1. The van der Waals surface area contributed by atoms with E-state index in [1.807, 2.05) is 30.0 Å². The Labute approximate surface area is 194 Å². The molecule has 2 amide bonds. The summed E-state index contributed by atoms with van der Waals surface area (Å²) >= 11 is 0. The zero-order valence-corrected chi connectivity index (χ0v) is 19.6. The van der Waals surface area contributed by atoms with E-state index in [2.05, 4.69) is 10.2 Å². The predicted molar refractivity (Wildman–Crippen MR) is 124 cm³/mol. The van der Waals surface area contributed by atoms with Crippen molar-refractivity contribution in [2.75, 3.05) is 40.4 Å². The van der Waals surface area contributed by atoms with Crippen LogP contribution in [0.1, 0.15) is 53.6 Å². The van der Waals surface area contributed by atoms with E-state index in [-0.39, 0.29) is 23.9 Å². The second kappa shape index (κ2) is 10.3. The lowest BCUT2D eigenvalue weighted by atomic mass is 10.0. The first-order chi connectivity index (χ1) is 16.0. The molecule has 1 aromatic carbocycles. The van der Waals surface area contributed by atoms with E-state index in [0.717, 1.165) is 68.1 Å². The largest absolute Gasteiger partial charge is 0.497 e. The number of methoxy groups -OCH3 is 2. The highest BCUT2D eigenvalue weighted by Crippen LogP contribution is 2.38. The fourth-order valence-corrected chi connectivity index (χ4v) is 4.81. The molecule has 2 aliphatic rings. The van der Waals surface area contributed by atoms with Crippen molar-refractivity contribution in [1.82, 2.24) is 15.1 Å². The van der Waals surface area contributed by atoms with Gasteiger partial charge in [0.25, 0.3) is 5.91 Å². The van der Waals surface area contributed by atoms with Gasteiger partial charge in [-0.05, 0) is 56.9 Å². The van der Waals surface area contributed by atoms with E-state index in [0.29, 0.717) is 12.3 Å². The SMILES string of the molecule is COc1ccc(C2CCCN2C(=O)CN2CCC(NC(=O)c3ccc(C)o3)CC2)c(OC)c1. The van der Waals surface area contributed by atoms with Gasteiger partial charge < -0.3 is 24.1 Å². The molecule has 0 radical (unpaired) electrons. The number of piperidine rings is 1. The monoisotopic (exact) mass is 455 g/mol. The van der Waals surface area contributed by atoms with Crippen LogP contribution in [0, 0.1) is 6.92 Å². The quantitative estimate of drug-likeness (QED) is 0.691. The Morgan fingerprint density at radius 2 is 1.85 bits per heavy atom. The van der Waals surface area contributed by atoms with Crippen molar-refractivity contribution in [1.29, 1.82) is 0 Å². The lowest BCUT2D eigenvalue weighted by Gasteiger charge is -2.34. The maximum atomic E-state index is 13.2. The van der Waals surface area contributed by atoms with Gasteiger partial charge in [0.1, 0.15) is 17.3 Å². The number of carbonyl (C=O) groups excluding carboxylic acids is 2. The average Bonchev–Trinajstić information content (AvgIpc) is 3.49. The topological polar surface area (TPSA) is 84.3 Å². The third-order valence-electron chi connectivity index (χ3n) is 6.62. The Morgan fingerprint density at radius 1 is 1.06 bits per heavy atom. The van der Waals surface area contributed by atoms with Crippen molar-refractivity contribution >= 4 is 11.8 Å². The Morgan fingerprint density at radius 3 is 2.52 bits per heavy atom. The van der Waals surface area contributed by atoms with E-state index in [9.17, 15) is 9.59 Å². The summed E-state index contributed by atoms with van der Waals surface area (Å²) in [7, 11) is 3.28. The molecule has 1 atom stereocenters. The molecule has 4 rings (SSSR count). The molecule has 33 heavy (non-hydrogen) atoms. The third-order valence-corrected chi connectivity index (χ3v) is 6.62. The number of hydrogen-bond donors (Lipinski definition) is 1. The maximum Gasteiger partial charge on any atom is 0.287 e. The highest BCUT2D eigenvalue weighted by molar-refractivity contribution is 5.91. The molecule has 1 aromatic heterocycles. The van der Waals surface area contributed by atoms with Gasteiger partial charge >= 0.3 is 0 Å². The predicted octanol–water partition coefficient (Wildman–Crippen LogP) is 3.16. The summed E-state index contributed by atoms with van der Waals surface area (Å²) in [4.78, 5) is 29.7. The zero-order valence-electron chi connectivity index (χ0n) is 19.6. The minimum Gasteiger partial charge on any atom is -0.497 e. The van der Waals surface area contributed by atoms with Crippen molar-refractivity contribution in [3.8, 4) is 11.5 Å². The van der Waals surface area contributed by atoms with Crippen LogP contribution in [0.15, 0.2) is 34.7 Å². The van der Waals surface area contributed by atoms with Gasteiger partial charge in [-0.3, -0.25) is 14.5 Å². The number of likely N-dealkylation sites (tertiary alicyclic amines) is 2. The smallest absolute Gasteiger partial charge is 0.287 e. The van der Waals surface area contributed by atoms with E-state index in [4.69, 9.17) is 13.9 Å². The normalized spacial score (nSPS) is 19.5. The molecule has 8 heteroatoms. The fourth-order valence-electron chi connectivity index (χ4n) is 4.81. The van der Waals surface area contributed by atoms with E-state index in [1.54, 1.807) is 26.4 Å². The van der Waals surface area contributed by atoms with Crippen molar-refractivity contribution in [3.63, 3.8) is 0 Å². The summed E-state index contributed by atoms with van der Waals surface area (Å²) < 4.78 is 16.3. The van der Waals surface area contributed by atoms with Gasteiger partial charge in [0.2, 0.25) is 5.91 Å². The Hall–Kier alpha value is -3.00. The van der Waals surface area contributed by atoms with Crippen molar-refractivity contribution in [2.45, 2.75) is 44.7 Å². The highest BCUT2D eigenvalue weighted by atomic mass is 16.5. The first-order valence-corrected chi connectivity index (χ1v) is 11.6. The number of nitrogens with zero attached hydrogens (tertiary/aromatic N) is 2. The van der Waals surface area contributed by atoms with Crippen molar-refractivity contribution < 1.29 is 23.5 Å². The summed E-state index contributed by atoms with van der Waals surface area (Å²) in [6, 6.07) is 9.40. The van der Waals surface area contributed by atoms with E-state index in [1.165, 1.54) is 0 Å². The van der Waals surface area contributed by atoms with Crippen LogP contribution in [-0.2, 0) is 4.79 Å². The highest BCUT2D eigenvalue weighted by Gasteiger charge is 2.33. The lowest BCUT2D eigenvalue weighted by Crippen LogP contribution is -2.48. The van der Waals surface area contributed by atoms with Gasteiger partial charge in [-0.25, -0.2) is 0 Å². The van der Waals surface area contributed by atoms with Gasteiger partial charge in [0, 0.05) is 37.3 Å². The van der Waals surface area contributed by atoms with Crippen LogP contribution in [-0.4, -0.2) is 68.1 Å². The zero-order chi connectivity index (χ0) is 23.4. The molecule has 178 valence electrons. The molecule has 2 fully saturated rings. The number of carbonyl (C=O) groups is 2. The second-order valence-corrected chi connectivity index (χ2v) is 8.79. The Kier molecular flexibility index (Phi) is 7.23. The summed E-state index contributed by atoms with van der Waals surface area (Å²) in [6.45, 7) is 4.53. The van der Waals surface area contributed by atoms with Crippen LogP contribution in [0.5, 0.6) is 11.5 Å². The maximum absolute atomic E-state index is 13.2. The number of hydrogen-bond acceptors (Lipinski definition) is 6. The molecule has 0 saturated carbocycles. The van der Waals surface area contributed by atoms with Crippen LogP contribution in [0.2, 0.25) is 0 Å². The van der Waals surface area contributed by atoms with Crippen LogP contribution < -0.4 is 14.8 Å². The molecule has 0 spiro atoms. The first-order valence-electron chi connectivity index (χ1n) is 11.6. The molecule has 1 unspecified atom stereocenters. The molecular formula is C25H33N3O5. The minimum absolute atomic E-state index is 0.0203. The summed E-state index contributed by atoms with van der Waals surface area (Å²) in [5, 5.41) is 3.05. The van der Waals surface area contributed by atoms with Crippen molar-refractivity contribution in [2.24, 2.45) is 0 Å². The molecule has 0 bridgehead atoms. The van der Waals surface area contributed by atoms with Gasteiger partial charge in [0.05, 0.1) is 26.8 Å². The number of rotatable bonds is 7. The fraction of sp³-hybridized carbons (Fsp3) is 0.520. The van der Waals surface area contributed by atoms with Gasteiger partial charge in [-0.15, -0.1) is 0 Å². The second-order valence-electron chi connectivity index (χ2n) is 8.79. The van der Waals surface area contributed by atoms with Gasteiger partial charge in [-0.2, -0.15) is 0 Å². The Bertz CT molecular complexity index is 980. The molecule has 2 aromatic rings. The van der Waals surface area contributed by atoms with Gasteiger partial charge in [0.15, 0.2) is 5.76 Å². The van der Waals surface area contributed by atoms with Gasteiger partial charge in [-0.1, -0.05) is 0 Å². The molecule has 0 aliphatic carbocycles. The van der Waals surface area contributed by atoms with Crippen LogP contribution in [0.4, 0.5) is 0 Å². The lowest BCUT2D eigenvalue weighted by molar-refractivity contribution is -0.133. The van der Waals surface area contributed by atoms with Crippen molar-refractivity contribution in [3.05, 3.63) is 47.4 Å².